The first-order valence-corrected chi connectivity index (χ1v) is 10.7. The highest BCUT2D eigenvalue weighted by atomic mass is 79.9. The fourth-order valence-electron chi connectivity index (χ4n) is 2.33. The van der Waals surface area contributed by atoms with Crippen molar-refractivity contribution in [2.45, 2.75) is 13.0 Å². The van der Waals surface area contributed by atoms with E-state index in [0.29, 0.717) is 11.3 Å². The van der Waals surface area contributed by atoms with Crippen molar-refractivity contribution in [2.75, 3.05) is 17.5 Å². The van der Waals surface area contributed by atoms with Crippen LogP contribution in [0.3, 0.4) is 0 Å². The van der Waals surface area contributed by atoms with Gasteiger partial charge in [-0.15, -0.1) is 0 Å². The summed E-state index contributed by atoms with van der Waals surface area (Å²) in [5.74, 6) is -0.695. The molecule has 9 heteroatoms. The van der Waals surface area contributed by atoms with Gasteiger partial charge in [0.2, 0.25) is 15.9 Å². The Hall–Kier alpha value is -2.39. The first-order chi connectivity index (χ1) is 12.6. The molecule has 0 fully saturated rings. The minimum atomic E-state index is -3.38. The lowest BCUT2D eigenvalue weighted by Crippen LogP contribution is -2.38. The maximum atomic E-state index is 12.1. The van der Waals surface area contributed by atoms with Gasteiger partial charge in [-0.05, 0) is 48.9 Å². The summed E-state index contributed by atoms with van der Waals surface area (Å²) in [5.41, 5.74) is 1.61. The van der Waals surface area contributed by atoms with Crippen LogP contribution >= 0.6 is 15.9 Å². The molecule has 2 rings (SSSR count). The number of benzene rings is 2. The second-order valence-electron chi connectivity index (χ2n) is 5.98. The predicted octanol–water partition coefficient (Wildman–Crippen LogP) is 2.43. The highest BCUT2D eigenvalue weighted by Crippen LogP contribution is 2.18. The van der Waals surface area contributed by atoms with Crippen LogP contribution in [0.15, 0.2) is 53.0 Å². The van der Waals surface area contributed by atoms with E-state index < -0.39 is 10.0 Å². The molecule has 0 saturated heterocycles. The van der Waals surface area contributed by atoms with Crippen molar-refractivity contribution in [3.63, 3.8) is 0 Å². The zero-order chi connectivity index (χ0) is 20.0. The molecule has 0 radical (unpaired) electrons. The standard InChI is InChI=1S/C18H20BrN3O4S/c1-12(14-4-3-5-16(10-14)22-27(2,25)26)21-17(23)11-20-18(24)13-6-8-15(19)9-7-13/h3-10,12,22H,11H2,1-2H3,(H,20,24)(H,21,23). The third kappa shape index (κ3) is 7.03. The normalized spacial score (nSPS) is 12.1. The molecule has 144 valence electrons. The van der Waals surface area contributed by atoms with Crippen molar-refractivity contribution in [2.24, 2.45) is 0 Å². The van der Waals surface area contributed by atoms with E-state index in [-0.39, 0.29) is 24.4 Å². The first-order valence-electron chi connectivity index (χ1n) is 8.05. The van der Waals surface area contributed by atoms with Crippen molar-refractivity contribution in [3.8, 4) is 0 Å². The monoisotopic (exact) mass is 453 g/mol. The lowest BCUT2D eigenvalue weighted by Gasteiger charge is -2.16. The molecule has 2 aromatic rings. The van der Waals surface area contributed by atoms with Crippen LogP contribution in [-0.2, 0) is 14.8 Å². The van der Waals surface area contributed by atoms with E-state index in [9.17, 15) is 18.0 Å². The Balaban J connectivity index is 1.90. The lowest BCUT2D eigenvalue weighted by atomic mass is 10.1. The second kappa shape index (κ2) is 9.01. The van der Waals surface area contributed by atoms with Crippen LogP contribution in [0, 0.1) is 0 Å². The van der Waals surface area contributed by atoms with Gasteiger partial charge >= 0.3 is 0 Å². The second-order valence-corrected chi connectivity index (χ2v) is 8.64. The van der Waals surface area contributed by atoms with Gasteiger partial charge in [-0.3, -0.25) is 14.3 Å². The third-order valence-corrected chi connectivity index (χ3v) is 4.72. The Bertz CT molecular complexity index is 930. The summed E-state index contributed by atoms with van der Waals surface area (Å²) >= 11 is 3.29. The number of anilines is 1. The molecule has 7 nitrogen and oxygen atoms in total. The number of rotatable bonds is 7. The molecule has 1 atom stereocenters. The van der Waals surface area contributed by atoms with Gasteiger partial charge in [-0.2, -0.15) is 0 Å². The molecule has 2 aromatic carbocycles. The van der Waals surface area contributed by atoms with Crippen LogP contribution in [-0.4, -0.2) is 33.0 Å². The summed E-state index contributed by atoms with van der Waals surface area (Å²) in [7, 11) is -3.38. The Morgan fingerprint density at radius 1 is 1.11 bits per heavy atom. The number of hydrogen-bond acceptors (Lipinski definition) is 4. The number of carbonyl (C=O) groups is 2. The van der Waals surface area contributed by atoms with Gasteiger partial charge in [0.15, 0.2) is 0 Å². The molecular weight excluding hydrogens is 434 g/mol. The number of halogens is 1. The van der Waals surface area contributed by atoms with E-state index in [2.05, 4.69) is 31.3 Å². The summed E-state index contributed by atoms with van der Waals surface area (Å²) < 4.78 is 25.9. The first kappa shape index (κ1) is 20.9. The highest BCUT2D eigenvalue weighted by molar-refractivity contribution is 9.10. The zero-order valence-corrected chi connectivity index (χ0v) is 17.2. The van der Waals surface area contributed by atoms with Gasteiger partial charge in [-0.25, -0.2) is 8.42 Å². The quantitative estimate of drug-likeness (QED) is 0.598. The molecule has 0 bridgehead atoms. The smallest absolute Gasteiger partial charge is 0.251 e. The zero-order valence-electron chi connectivity index (χ0n) is 14.8. The summed E-state index contributed by atoms with van der Waals surface area (Å²) in [4.78, 5) is 24.1. The summed E-state index contributed by atoms with van der Waals surface area (Å²) in [5, 5.41) is 5.32. The predicted molar refractivity (Wildman–Crippen MR) is 108 cm³/mol. The van der Waals surface area contributed by atoms with Crippen LogP contribution in [0.2, 0.25) is 0 Å². The average molecular weight is 454 g/mol. The minimum absolute atomic E-state index is 0.166. The summed E-state index contributed by atoms with van der Waals surface area (Å²) in [6, 6.07) is 13.2. The maximum Gasteiger partial charge on any atom is 0.251 e. The molecule has 0 aliphatic heterocycles. The molecule has 0 spiro atoms. The average Bonchev–Trinajstić information content (AvgIpc) is 2.59. The van der Waals surface area contributed by atoms with Crippen molar-refractivity contribution < 1.29 is 18.0 Å². The van der Waals surface area contributed by atoms with E-state index in [1.54, 1.807) is 55.5 Å². The lowest BCUT2D eigenvalue weighted by molar-refractivity contribution is -0.120. The van der Waals surface area contributed by atoms with Crippen LogP contribution in [0.5, 0.6) is 0 Å². The van der Waals surface area contributed by atoms with E-state index >= 15 is 0 Å². The van der Waals surface area contributed by atoms with E-state index in [4.69, 9.17) is 0 Å². The van der Waals surface area contributed by atoms with Crippen molar-refractivity contribution in [3.05, 3.63) is 64.1 Å². The molecular formula is C18H20BrN3O4S. The van der Waals surface area contributed by atoms with Gasteiger partial charge in [0, 0.05) is 15.7 Å². The molecule has 0 aliphatic rings. The highest BCUT2D eigenvalue weighted by Gasteiger charge is 2.13. The van der Waals surface area contributed by atoms with Gasteiger partial charge in [0.1, 0.15) is 0 Å². The fraction of sp³-hybridized carbons (Fsp3) is 0.222. The molecule has 0 heterocycles. The minimum Gasteiger partial charge on any atom is -0.348 e. The Labute approximate surface area is 166 Å². The Kier molecular flexibility index (Phi) is 6.98. The molecule has 0 aromatic heterocycles. The Morgan fingerprint density at radius 3 is 2.41 bits per heavy atom. The van der Waals surface area contributed by atoms with E-state index in [0.717, 1.165) is 16.3 Å². The van der Waals surface area contributed by atoms with Gasteiger partial charge in [-0.1, -0.05) is 28.1 Å². The SMILES string of the molecule is CC(NC(=O)CNC(=O)c1ccc(Br)cc1)c1cccc(NS(C)(=O)=O)c1. The van der Waals surface area contributed by atoms with E-state index in [1.165, 1.54) is 0 Å². The number of sulfonamides is 1. The number of nitrogens with one attached hydrogen (secondary N) is 3. The maximum absolute atomic E-state index is 12.1. The number of amides is 2. The van der Waals surface area contributed by atoms with Crippen molar-refractivity contribution in [1.82, 2.24) is 10.6 Å². The molecule has 0 aliphatic carbocycles. The van der Waals surface area contributed by atoms with Crippen LogP contribution in [0.1, 0.15) is 28.9 Å². The molecule has 3 N–H and O–H groups in total. The van der Waals surface area contributed by atoms with Crippen molar-refractivity contribution >= 4 is 43.5 Å². The number of hydrogen-bond donors (Lipinski definition) is 3. The van der Waals surface area contributed by atoms with Crippen molar-refractivity contribution in [1.29, 1.82) is 0 Å². The molecule has 0 saturated carbocycles. The van der Waals surface area contributed by atoms with Gasteiger partial charge in [0.05, 0.1) is 18.8 Å². The largest absolute Gasteiger partial charge is 0.348 e. The van der Waals surface area contributed by atoms with Crippen LogP contribution in [0.25, 0.3) is 0 Å². The number of carbonyl (C=O) groups excluding carboxylic acids is 2. The van der Waals surface area contributed by atoms with Gasteiger partial charge in [0.25, 0.3) is 5.91 Å². The summed E-state index contributed by atoms with van der Waals surface area (Å²) in [6.07, 6.45) is 1.07. The van der Waals surface area contributed by atoms with Crippen LogP contribution < -0.4 is 15.4 Å². The Morgan fingerprint density at radius 2 is 1.78 bits per heavy atom. The van der Waals surface area contributed by atoms with E-state index in [1.807, 2.05) is 0 Å². The topological polar surface area (TPSA) is 104 Å². The fourth-order valence-corrected chi connectivity index (χ4v) is 3.14. The molecule has 1 unspecified atom stereocenters. The molecule has 27 heavy (non-hydrogen) atoms. The third-order valence-electron chi connectivity index (χ3n) is 3.58. The van der Waals surface area contributed by atoms with Gasteiger partial charge < -0.3 is 10.6 Å². The van der Waals surface area contributed by atoms with Crippen LogP contribution in [0.4, 0.5) is 5.69 Å². The summed E-state index contributed by atoms with van der Waals surface area (Å²) in [6.45, 7) is 1.61. The molecule has 2 amide bonds.